The lowest BCUT2D eigenvalue weighted by molar-refractivity contribution is 0.889. The third-order valence-corrected chi connectivity index (χ3v) is 9.78. The Kier molecular flexibility index (Phi) is 5.36. The van der Waals surface area contributed by atoms with Gasteiger partial charge in [-0.05, 0) is 83.6 Å². The first kappa shape index (κ1) is 23.0. The van der Waals surface area contributed by atoms with Crippen LogP contribution < -0.4 is 0 Å². The van der Waals surface area contributed by atoms with E-state index in [0.29, 0.717) is 0 Å². The summed E-state index contributed by atoms with van der Waals surface area (Å²) in [5.41, 5.74) is 10.2. The second kappa shape index (κ2) is 9.08. The van der Waals surface area contributed by atoms with E-state index in [-0.39, 0.29) is 0 Å². The van der Waals surface area contributed by atoms with Gasteiger partial charge in [0.1, 0.15) is 0 Å². The number of thiophene rings is 1. The summed E-state index contributed by atoms with van der Waals surface area (Å²) in [5, 5.41) is 4.01. The molecule has 0 radical (unpaired) electrons. The molecule has 0 atom stereocenters. The Bertz CT molecular complexity index is 2090. The number of aromatic nitrogens is 1. The van der Waals surface area contributed by atoms with Gasteiger partial charge in [0.2, 0.25) is 0 Å². The Hall–Kier alpha value is -3.92. The molecule has 3 heteroatoms. The molecule has 0 amide bonds. The molecule has 0 fully saturated rings. The zero-order valence-electron chi connectivity index (χ0n) is 21.2. The first-order valence-electron chi connectivity index (χ1n) is 13.4. The second-order valence-corrected chi connectivity index (χ2v) is 12.1. The molecule has 0 N–H and O–H groups in total. The van der Waals surface area contributed by atoms with Gasteiger partial charge in [-0.2, -0.15) is 0 Å². The third kappa shape index (κ3) is 3.72. The van der Waals surface area contributed by atoms with Crippen LogP contribution in [0.1, 0.15) is 17.7 Å². The molecule has 0 unspecified atom stereocenters. The Morgan fingerprint density at radius 1 is 0.641 bits per heavy atom. The van der Waals surface area contributed by atoms with Crippen molar-refractivity contribution in [2.45, 2.75) is 12.8 Å². The zero-order chi connectivity index (χ0) is 25.9. The van der Waals surface area contributed by atoms with Crippen molar-refractivity contribution in [3.8, 4) is 27.9 Å². The Labute approximate surface area is 239 Å². The van der Waals surface area contributed by atoms with E-state index < -0.39 is 0 Å². The Morgan fingerprint density at radius 2 is 1.46 bits per heavy atom. The summed E-state index contributed by atoms with van der Waals surface area (Å²) in [4.78, 5) is 0. The minimum atomic E-state index is 1.05. The van der Waals surface area contributed by atoms with Crippen LogP contribution in [0, 0.1) is 0 Å². The fourth-order valence-corrected chi connectivity index (χ4v) is 7.71. The van der Waals surface area contributed by atoms with Crippen molar-refractivity contribution in [2.75, 3.05) is 0 Å². The summed E-state index contributed by atoms with van der Waals surface area (Å²) in [6.07, 6.45) is 6.78. The first-order valence-corrected chi connectivity index (χ1v) is 15.0. The molecule has 0 bridgehead atoms. The fourth-order valence-electron chi connectivity index (χ4n) is 6.11. The van der Waals surface area contributed by atoms with Crippen LogP contribution in [-0.2, 0) is 6.42 Å². The van der Waals surface area contributed by atoms with E-state index in [1.54, 1.807) is 0 Å². The average molecular weight is 583 g/mol. The quantitative estimate of drug-likeness (QED) is 0.195. The number of allylic oxidation sites excluding steroid dienone is 1. The molecule has 1 aliphatic carbocycles. The van der Waals surface area contributed by atoms with Gasteiger partial charge in [0.05, 0.1) is 5.52 Å². The van der Waals surface area contributed by atoms with Crippen LogP contribution in [-0.4, -0.2) is 4.57 Å². The smallest absolute Gasteiger partial charge is 0.0538 e. The molecule has 39 heavy (non-hydrogen) atoms. The van der Waals surface area contributed by atoms with Crippen molar-refractivity contribution in [3.05, 3.63) is 131 Å². The van der Waals surface area contributed by atoms with Crippen molar-refractivity contribution in [3.63, 3.8) is 0 Å². The van der Waals surface area contributed by atoms with Crippen LogP contribution in [0.25, 0.3) is 65.1 Å². The van der Waals surface area contributed by atoms with Gasteiger partial charge < -0.3 is 4.57 Å². The largest absolute Gasteiger partial charge is 0.313 e. The van der Waals surface area contributed by atoms with E-state index in [1.807, 2.05) is 11.3 Å². The maximum absolute atomic E-state index is 3.73. The number of fused-ring (bicyclic) bond motifs is 6. The minimum absolute atomic E-state index is 1.05. The van der Waals surface area contributed by atoms with Gasteiger partial charge in [-0.3, -0.25) is 0 Å². The van der Waals surface area contributed by atoms with E-state index in [0.717, 1.165) is 17.3 Å². The highest BCUT2D eigenvalue weighted by atomic mass is 79.9. The van der Waals surface area contributed by atoms with E-state index >= 15 is 0 Å². The lowest BCUT2D eigenvalue weighted by Gasteiger charge is -2.13. The average Bonchev–Trinajstić information content (AvgIpc) is 3.52. The summed E-state index contributed by atoms with van der Waals surface area (Å²) in [6, 6.07) is 40.0. The van der Waals surface area contributed by atoms with Crippen molar-refractivity contribution in [1.29, 1.82) is 0 Å². The first-order chi connectivity index (χ1) is 19.2. The van der Waals surface area contributed by atoms with Crippen LogP contribution in [0.15, 0.2) is 120 Å². The minimum Gasteiger partial charge on any atom is -0.313 e. The molecule has 0 spiro atoms. The molecular weight excluding hydrogens is 558 g/mol. The van der Waals surface area contributed by atoms with E-state index in [1.165, 1.54) is 70.3 Å². The van der Waals surface area contributed by atoms with Crippen LogP contribution >= 0.6 is 27.3 Å². The molecule has 1 aliphatic rings. The molecule has 8 rings (SSSR count). The third-order valence-electron chi connectivity index (χ3n) is 7.94. The monoisotopic (exact) mass is 581 g/mol. The zero-order valence-corrected chi connectivity index (χ0v) is 23.6. The van der Waals surface area contributed by atoms with Gasteiger partial charge in [0.25, 0.3) is 0 Å². The summed E-state index contributed by atoms with van der Waals surface area (Å²) in [5.74, 6) is 0. The maximum atomic E-state index is 3.73. The van der Waals surface area contributed by atoms with E-state index in [9.17, 15) is 0 Å². The summed E-state index contributed by atoms with van der Waals surface area (Å²) >= 11 is 5.60. The number of benzene rings is 5. The Morgan fingerprint density at radius 3 is 2.41 bits per heavy atom. The maximum Gasteiger partial charge on any atom is 0.0538 e. The Balaban J connectivity index is 1.31. The van der Waals surface area contributed by atoms with Gasteiger partial charge in [-0.15, -0.1) is 11.3 Å². The molecule has 7 aromatic rings. The molecular formula is C36H24BrNS. The second-order valence-electron chi connectivity index (χ2n) is 10.2. The van der Waals surface area contributed by atoms with Gasteiger partial charge in [-0.1, -0.05) is 88.7 Å². The van der Waals surface area contributed by atoms with E-state index in [4.69, 9.17) is 0 Å². The molecule has 0 saturated carbocycles. The lowest BCUT2D eigenvalue weighted by Crippen LogP contribution is -2.02. The van der Waals surface area contributed by atoms with E-state index in [2.05, 4.69) is 142 Å². The SMILES string of the molecule is Brc1ccccc1-c1cccc(-c2ccc3c(c2)c2c(n3-c3ccc4sc5ccccc5c4c3)CCC=C2)c1. The molecule has 2 heterocycles. The molecule has 0 aliphatic heterocycles. The molecule has 5 aromatic carbocycles. The van der Waals surface area contributed by atoms with Crippen LogP contribution in [0.5, 0.6) is 0 Å². The van der Waals surface area contributed by atoms with Crippen LogP contribution in [0.2, 0.25) is 0 Å². The van der Waals surface area contributed by atoms with Crippen molar-refractivity contribution >= 4 is 64.4 Å². The number of nitrogens with zero attached hydrogens (tertiary/aromatic N) is 1. The van der Waals surface area contributed by atoms with Crippen molar-refractivity contribution in [2.24, 2.45) is 0 Å². The van der Waals surface area contributed by atoms with Gasteiger partial charge in [0, 0.05) is 47.0 Å². The number of rotatable bonds is 3. The topological polar surface area (TPSA) is 4.93 Å². The number of halogens is 1. The molecule has 186 valence electrons. The van der Waals surface area contributed by atoms with Crippen LogP contribution in [0.4, 0.5) is 0 Å². The molecule has 1 nitrogen and oxygen atoms in total. The number of hydrogen-bond donors (Lipinski definition) is 0. The van der Waals surface area contributed by atoms with Gasteiger partial charge in [0.15, 0.2) is 0 Å². The highest BCUT2D eigenvalue weighted by Crippen LogP contribution is 2.40. The standard InChI is InChI=1S/C36H24BrNS/c37-32-13-4-1-10-27(32)25-9-7-8-23(20-25)24-16-18-34-30(21-24)28-11-2-5-14-33(28)38(34)26-17-19-36-31(22-26)29-12-3-6-15-35(29)39-36/h1-4,6-13,15-22H,5,14H2. The summed E-state index contributed by atoms with van der Waals surface area (Å²) < 4.78 is 6.31. The predicted octanol–water partition coefficient (Wildman–Crippen LogP) is 11.1. The van der Waals surface area contributed by atoms with Crippen molar-refractivity contribution < 1.29 is 0 Å². The summed E-state index contributed by atoms with van der Waals surface area (Å²) in [6.45, 7) is 0. The predicted molar refractivity (Wildman–Crippen MR) is 172 cm³/mol. The summed E-state index contributed by atoms with van der Waals surface area (Å²) in [7, 11) is 0. The lowest BCUT2D eigenvalue weighted by atomic mass is 9.96. The number of hydrogen-bond acceptors (Lipinski definition) is 1. The highest BCUT2D eigenvalue weighted by Gasteiger charge is 2.20. The van der Waals surface area contributed by atoms with Gasteiger partial charge in [-0.25, -0.2) is 0 Å². The van der Waals surface area contributed by atoms with Crippen LogP contribution in [0.3, 0.4) is 0 Å². The normalized spacial score (nSPS) is 12.9. The molecule has 2 aromatic heterocycles. The van der Waals surface area contributed by atoms with Gasteiger partial charge >= 0.3 is 0 Å². The highest BCUT2D eigenvalue weighted by molar-refractivity contribution is 9.10. The van der Waals surface area contributed by atoms with Crippen molar-refractivity contribution in [1.82, 2.24) is 4.57 Å². The fraction of sp³-hybridized carbons (Fsp3) is 0.0556. The molecule has 0 saturated heterocycles.